The topological polar surface area (TPSA) is 67.6 Å². The molecule has 20 heavy (non-hydrogen) atoms. The summed E-state index contributed by atoms with van der Waals surface area (Å²) >= 11 is 0. The number of nitrogens with two attached hydrogens (primary N) is 1. The fourth-order valence-electron chi connectivity index (χ4n) is 3.54. The van der Waals surface area contributed by atoms with Gasteiger partial charge in [0.2, 0.25) is 5.91 Å². The van der Waals surface area contributed by atoms with Crippen LogP contribution in [0, 0.1) is 5.92 Å². The number of amides is 1. The molecule has 0 radical (unpaired) electrons. The third-order valence-electron chi connectivity index (χ3n) is 5.10. The summed E-state index contributed by atoms with van der Waals surface area (Å²) in [4.78, 5) is 14.6. The first-order chi connectivity index (χ1) is 9.38. The van der Waals surface area contributed by atoms with Crippen molar-refractivity contribution in [3.8, 4) is 0 Å². The second-order valence-corrected chi connectivity index (χ2v) is 6.96. The van der Waals surface area contributed by atoms with Gasteiger partial charge in [0.25, 0.3) is 0 Å². The predicted molar refractivity (Wildman–Crippen MR) is 79.4 cm³/mol. The minimum Gasteiger partial charge on any atom is -0.379 e. The number of carbonyl (C=O) groups is 1. The number of nitrogens with zero attached hydrogens (tertiary/aromatic N) is 1. The summed E-state index contributed by atoms with van der Waals surface area (Å²) in [5.41, 5.74) is 5.36. The Balaban J connectivity index is 1.97. The van der Waals surface area contributed by atoms with Crippen LogP contribution in [0.15, 0.2) is 0 Å². The monoisotopic (exact) mass is 283 g/mol. The van der Waals surface area contributed by atoms with Crippen molar-refractivity contribution < 1.29 is 9.53 Å². The fraction of sp³-hybridized carbons (Fsp3) is 0.933. The van der Waals surface area contributed by atoms with E-state index in [2.05, 4.69) is 31.2 Å². The van der Waals surface area contributed by atoms with Crippen LogP contribution in [0.4, 0.5) is 0 Å². The van der Waals surface area contributed by atoms with Gasteiger partial charge >= 0.3 is 0 Å². The second-order valence-electron chi connectivity index (χ2n) is 6.96. The second kappa shape index (κ2) is 6.00. The van der Waals surface area contributed by atoms with Crippen molar-refractivity contribution in [3.63, 3.8) is 0 Å². The molecule has 5 nitrogen and oxygen atoms in total. The molecule has 0 spiro atoms. The Morgan fingerprint density at radius 2 is 2.20 bits per heavy atom. The fourth-order valence-corrected chi connectivity index (χ4v) is 3.54. The Morgan fingerprint density at radius 1 is 1.45 bits per heavy atom. The van der Waals surface area contributed by atoms with E-state index in [1.54, 1.807) is 0 Å². The predicted octanol–water partition coefficient (Wildman–Crippen LogP) is 0.731. The SMILES string of the molecule is CC1CCCC(CNC(=O)C2(N)CCOC2)(N(C)C)C1. The Hall–Kier alpha value is -0.650. The number of nitrogens with one attached hydrogen (secondary N) is 1. The summed E-state index contributed by atoms with van der Waals surface area (Å²) in [6.45, 7) is 3.90. The molecule has 2 fully saturated rings. The average Bonchev–Trinajstić information content (AvgIpc) is 2.84. The molecule has 1 aliphatic carbocycles. The number of ether oxygens (including phenoxy) is 1. The van der Waals surface area contributed by atoms with Crippen LogP contribution in [0.5, 0.6) is 0 Å². The van der Waals surface area contributed by atoms with Gasteiger partial charge in [0.05, 0.1) is 6.61 Å². The molecule has 0 aromatic carbocycles. The molecule has 1 heterocycles. The normalized spacial score (nSPS) is 38.1. The van der Waals surface area contributed by atoms with Gasteiger partial charge in [-0.05, 0) is 39.3 Å². The van der Waals surface area contributed by atoms with Crippen molar-refractivity contribution in [2.75, 3.05) is 33.9 Å². The summed E-state index contributed by atoms with van der Waals surface area (Å²) in [6.07, 6.45) is 5.40. The van der Waals surface area contributed by atoms with E-state index < -0.39 is 5.54 Å². The lowest BCUT2D eigenvalue weighted by Crippen LogP contribution is -2.60. The van der Waals surface area contributed by atoms with Crippen molar-refractivity contribution in [2.24, 2.45) is 11.7 Å². The highest BCUT2D eigenvalue weighted by Gasteiger charge is 2.41. The van der Waals surface area contributed by atoms with E-state index in [1.807, 2.05) is 0 Å². The van der Waals surface area contributed by atoms with Crippen LogP contribution in [0.2, 0.25) is 0 Å². The van der Waals surface area contributed by atoms with Gasteiger partial charge in [-0.15, -0.1) is 0 Å². The minimum atomic E-state index is -0.826. The summed E-state index contributed by atoms with van der Waals surface area (Å²) in [7, 11) is 4.22. The molecule has 0 bridgehead atoms. The molecule has 1 saturated heterocycles. The number of likely N-dealkylation sites (N-methyl/N-ethyl adjacent to an activating group) is 1. The van der Waals surface area contributed by atoms with Crippen LogP contribution < -0.4 is 11.1 Å². The third kappa shape index (κ3) is 3.15. The Bertz CT molecular complexity index is 353. The molecule has 3 N–H and O–H groups in total. The molecule has 1 aliphatic heterocycles. The quantitative estimate of drug-likeness (QED) is 0.798. The van der Waals surface area contributed by atoms with Crippen LogP contribution in [0.25, 0.3) is 0 Å². The molecular weight excluding hydrogens is 254 g/mol. The molecule has 2 aliphatic rings. The minimum absolute atomic E-state index is 0.0607. The van der Waals surface area contributed by atoms with Crippen molar-refractivity contribution in [1.82, 2.24) is 10.2 Å². The first-order valence-corrected chi connectivity index (χ1v) is 7.70. The molecule has 3 atom stereocenters. The maximum Gasteiger partial charge on any atom is 0.242 e. The number of rotatable bonds is 4. The van der Waals surface area contributed by atoms with Gasteiger partial charge in [0.15, 0.2) is 0 Å². The van der Waals surface area contributed by atoms with Crippen molar-refractivity contribution >= 4 is 5.91 Å². The van der Waals surface area contributed by atoms with Crippen molar-refractivity contribution in [2.45, 2.75) is 50.1 Å². The standard InChI is InChI=1S/C15H29N3O2/c1-12-5-4-6-14(9-12,18(2)3)10-17-13(19)15(16)7-8-20-11-15/h12H,4-11,16H2,1-3H3,(H,17,19). The maximum absolute atomic E-state index is 12.3. The van der Waals surface area contributed by atoms with E-state index in [-0.39, 0.29) is 11.4 Å². The van der Waals surface area contributed by atoms with Gasteiger partial charge in [-0.25, -0.2) is 0 Å². The van der Waals surface area contributed by atoms with E-state index in [4.69, 9.17) is 10.5 Å². The first kappa shape index (κ1) is 15.7. The van der Waals surface area contributed by atoms with Crippen LogP contribution in [0.1, 0.15) is 39.0 Å². The Labute approximate surface area is 122 Å². The molecule has 0 aromatic rings. The van der Waals surface area contributed by atoms with Gasteiger partial charge in [-0.2, -0.15) is 0 Å². The number of carbonyl (C=O) groups excluding carboxylic acids is 1. The molecule has 2 rings (SSSR count). The molecule has 0 aromatic heterocycles. The van der Waals surface area contributed by atoms with Gasteiger partial charge in [0, 0.05) is 18.7 Å². The lowest BCUT2D eigenvalue weighted by Gasteiger charge is -2.45. The molecule has 1 saturated carbocycles. The number of hydrogen-bond donors (Lipinski definition) is 2. The van der Waals surface area contributed by atoms with Gasteiger partial charge in [-0.3, -0.25) is 4.79 Å². The molecular formula is C15H29N3O2. The van der Waals surface area contributed by atoms with E-state index in [1.165, 1.54) is 12.8 Å². The average molecular weight is 283 g/mol. The van der Waals surface area contributed by atoms with Gasteiger partial charge in [-0.1, -0.05) is 19.8 Å². The summed E-state index contributed by atoms with van der Waals surface area (Å²) in [6, 6.07) is 0. The maximum atomic E-state index is 12.3. The number of hydrogen-bond acceptors (Lipinski definition) is 4. The summed E-state index contributed by atoms with van der Waals surface area (Å²) in [5.74, 6) is 0.652. The summed E-state index contributed by atoms with van der Waals surface area (Å²) in [5, 5.41) is 3.09. The highest BCUT2D eigenvalue weighted by Crippen LogP contribution is 2.35. The van der Waals surface area contributed by atoms with Crippen molar-refractivity contribution in [3.05, 3.63) is 0 Å². The zero-order valence-electron chi connectivity index (χ0n) is 13.1. The van der Waals surface area contributed by atoms with E-state index in [0.717, 1.165) is 12.8 Å². The zero-order chi connectivity index (χ0) is 14.8. The van der Waals surface area contributed by atoms with Gasteiger partial charge < -0.3 is 20.7 Å². The lowest BCUT2D eigenvalue weighted by molar-refractivity contribution is -0.127. The largest absolute Gasteiger partial charge is 0.379 e. The Kier molecular flexibility index (Phi) is 4.72. The van der Waals surface area contributed by atoms with E-state index in [9.17, 15) is 4.79 Å². The Morgan fingerprint density at radius 3 is 2.75 bits per heavy atom. The molecule has 1 amide bonds. The van der Waals surface area contributed by atoms with Crippen molar-refractivity contribution in [1.29, 1.82) is 0 Å². The highest BCUT2D eigenvalue weighted by molar-refractivity contribution is 5.86. The van der Waals surface area contributed by atoms with Gasteiger partial charge in [0.1, 0.15) is 5.54 Å². The zero-order valence-corrected chi connectivity index (χ0v) is 13.1. The van der Waals surface area contributed by atoms with Crippen LogP contribution in [-0.2, 0) is 9.53 Å². The molecule has 116 valence electrons. The van der Waals surface area contributed by atoms with Crippen LogP contribution >= 0.6 is 0 Å². The highest BCUT2D eigenvalue weighted by atomic mass is 16.5. The van der Waals surface area contributed by atoms with E-state index in [0.29, 0.717) is 32.1 Å². The summed E-state index contributed by atoms with van der Waals surface area (Å²) < 4.78 is 5.27. The lowest BCUT2D eigenvalue weighted by atomic mass is 9.75. The van der Waals surface area contributed by atoms with Crippen LogP contribution in [-0.4, -0.2) is 55.7 Å². The van der Waals surface area contributed by atoms with Crippen LogP contribution in [0.3, 0.4) is 0 Å². The molecule has 3 unspecified atom stereocenters. The smallest absolute Gasteiger partial charge is 0.242 e. The van der Waals surface area contributed by atoms with E-state index >= 15 is 0 Å². The third-order valence-corrected chi connectivity index (χ3v) is 5.10. The molecule has 5 heteroatoms. The first-order valence-electron chi connectivity index (χ1n) is 7.70.